The number of aliphatic imine (C=N–C) groups is 1. The average Bonchev–Trinajstić information content (AvgIpc) is 3.11. The van der Waals surface area contributed by atoms with E-state index in [1.807, 2.05) is 19.1 Å². The Morgan fingerprint density at radius 1 is 1.24 bits per heavy atom. The second-order valence-corrected chi connectivity index (χ2v) is 6.98. The van der Waals surface area contributed by atoms with Crippen LogP contribution < -0.4 is 9.64 Å². The molecule has 0 aromatic heterocycles. The Morgan fingerprint density at radius 2 is 1.97 bits per heavy atom. The SMILES string of the molecule is CCOc1ccc(-c2c3c(c4c(c2C(F)(F)F)N=C(C=O)C4)C=CCN3C)cc1. The molecule has 150 valence electrons. The maximum absolute atomic E-state index is 14.3. The minimum Gasteiger partial charge on any atom is -0.494 e. The van der Waals surface area contributed by atoms with Gasteiger partial charge in [0.1, 0.15) is 5.75 Å². The summed E-state index contributed by atoms with van der Waals surface area (Å²) < 4.78 is 48.3. The molecule has 2 aliphatic heterocycles. The van der Waals surface area contributed by atoms with E-state index in [0.717, 1.165) is 0 Å². The Balaban J connectivity index is 2.07. The summed E-state index contributed by atoms with van der Waals surface area (Å²) in [5.74, 6) is 0.592. The highest BCUT2D eigenvalue weighted by Crippen LogP contribution is 2.53. The molecule has 0 aliphatic carbocycles. The number of nitrogens with zero attached hydrogens (tertiary/aromatic N) is 2. The van der Waals surface area contributed by atoms with Crippen LogP contribution in [0.15, 0.2) is 35.3 Å². The maximum Gasteiger partial charge on any atom is 0.419 e. The lowest BCUT2D eigenvalue weighted by molar-refractivity contribution is -0.136. The van der Waals surface area contributed by atoms with Crippen molar-refractivity contribution in [3.8, 4) is 16.9 Å². The van der Waals surface area contributed by atoms with Gasteiger partial charge >= 0.3 is 6.18 Å². The van der Waals surface area contributed by atoms with Crippen LogP contribution >= 0.6 is 0 Å². The molecule has 0 spiro atoms. The number of benzene rings is 2. The zero-order chi connectivity index (χ0) is 20.8. The van der Waals surface area contributed by atoms with Gasteiger partial charge in [0, 0.05) is 31.1 Å². The van der Waals surface area contributed by atoms with Crippen LogP contribution in [0.4, 0.5) is 24.5 Å². The molecule has 0 N–H and O–H groups in total. The molecule has 0 unspecified atom stereocenters. The molecule has 2 heterocycles. The summed E-state index contributed by atoms with van der Waals surface area (Å²) in [5.41, 5.74) is 1.31. The van der Waals surface area contributed by atoms with Crippen molar-refractivity contribution in [1.82, 2.24) is 0 Å². The second kappa shape index (κ2) is 7.06. The van der Waals surface area contributed by atoms with Crippen LogP contribution in [-0.4, -0.2) is 32.2 Å². The van der Waals surface area contributed by atoms with Crippen molar-refractivity contribution in [2.24, 2.45) is 4.99 Å². The molecule has 29 heavy (non-hydrogen) atoms. The van der Waals surface area contributed by atoms with Gasteiger partial charge in [0.2, 0.25) is 0 Å². The Labute approximate surface area is 166 Å². The first-order valence-corrected chi connectivity index (χ1v) is 9.28. The molecule has 2 aromatic carbocycles. The number of halogens is 3. The Kier molecular flexibility index (Phi) is 4.68. The van der Waals surface area contributed by atoms with Crippen molar-refractivity contribution in [2.75, 3.05) is 25.1 Å². The van der Waals surface area contributed by atoms with Crippen LogP contribution in [0.3, 0.4) is 0 Å². The zero-order valence-electron chi connectivity index (χ0n) is 16.0. The van der Waals surface area contributed by atoms with Crippen LogP contribution in [0.5, 0.6) is 5.75 Å². The quantitative estimate of drug-likeness (QED) is 0.674. The van der Waals surface area contributed by atoms with Gasteiger partial charge in [-0.1, -0.05) is 24.3 Å². The van der Waals surface area contributed by atoms with Crippen LogP contribution in [-0.2, 0) is 17.4 Å². The number of ether oxygens (including phenoxy) is 1. The highest BCUT2D eigenvalue weighted by molar-refractivity contribution is 6.31. The summed E-state index contributed by atoms with van der Waals surface area (Å²) in [6.07, 6.45) is -0.269. The van der Waals surface area contributed by atoms with Gasteiger partial charge in [-0.15, -0.1) is 0 Å². The van der Waals surface area contributed by atoms with Crippen molar-refractivity contribution in [3.05, 3.63) is 47.0 Å². The third kappa shape index (κ3) is 3.20. The minimum absolute atomic E-state index is 0.0806. The van der Waals surface area contributed by atoms with Crippen molar-refractivity contribution in [1.29, 1.82) is 0 Å². The largest absolute Gasteiger partial charge is 0.494 e. The fourth-order valence-electron chi connectivity index (χ4n) is 3.96. The molecule has 2 aliphatic rings. The van der Waals surface area contributed by atoms with E-state index in [-0.39, 0.29) is 23.4 Å². The van der Waals surface area contributed by atoms with E-state index in [4.69, 9.17) is 4.74 Å². The molecule has 2 aromatic rings. The predicted molar refractivity (Wildman–Crippen MR) is 107 cm³/mol. The summed E-state index contributed by atoms with van der Waals surface area (Å²) in [6.45, 7) is 2.81. The highest BCUT2D eigenvalue weighted by Gasteiger charge is 2.42. The molecule has 4 nitrogen and oxygen atoms in total. The fourth-order valence-corrected chi connectivity index (χ4v) is 3.96. The molecular weight excluding hydrogens is 381 g/mol. The number of carbonyl (C=O) groups excluding carboxylic acids is 1. The number of anilines is 1. The van der Waals surface area contributed by atoms with E-state index >= 15 is 0 Å². The Hall–Kier alpha value is -3.09. The molecule has 0 fully saturated rings. The second-order valence-electron chi connectivity index (χ2n) is 6.98. The van der Waals surface area contributed by atoms with E-state index in [9.17, 15) is 18.0 Å². The van der Waals surface area contributed by atoms with Gasteiger partial charge in [-0.25, -0.2) is 4.99 Å². The van der Waals surface area contributed by atoms with Crippen molar-refractivity contribution in [2.45, 2.75) is 19.5 Å². The smallest absolute Gasteiger partial charge is 0.419 e. The first-order valence-electron chi connectivity index (χ1n) is 9.28. The molecule has 0 bridgehead atoms. The molecule has 0 amide bonds. The first-order chi connectivity index (χ1) is 13.8. The standard InChI is InChI=1S/C22H19F3N2O2/c1-3-29-15-8-6-13(7-9-15)18-19(22(23,24)25)20-17(11-14(12-28)26-20)16-5-4-10-27(2)21(16)18/h4-9,12H,3,10-11H2,1-2H3. The molecule has 0 radical (unpaired) electrons. The summed E-state index contributed by atoms with van der Waals surface area (Å²) in [7, 11) is 1.77. The summed E-state index contributed by atoms with van der Waals surface area (Å²) >= 11 is 0. The van der Waals surface area contributed by atoms with Gasteiger partial charge < -0.3 is 9.64 Å². The van der Waals surface area contributed by atoms with Crippen molar-refractivity contribution >= 4 is 29.4 Å². The molecule has 4 rings (SSSR count). The van der Waals surface area contributed by atoms with Gasteiger partial charge in [0.05, 0.1) is 29.3 Å². The maximum atomic E-state index is 14.3. The molecular formula is C22H19F3N2O2. The van der Waals surface area contributed by atoms with E-state index in [2.05, 4.69) is 4.99 Å². The van der Waals surface area contributed by atoms with Gasteiger partial charge in [0.25, 0.3) is 0 Å². The van der Waals surface area contributed by atoms with Crippen LogP contribution in [0.2, 0.25) is 0 Å². The van der Waals surface area contributed by atoms with E-state index in [1.165, 1.54) is 0 Å². The number of fused-ring (bicyclic) bond motifs is 3. The number of rotatable bonds is 4. The van der Waals surface area contributed by atoms with Gasteiger partial charge in [-0.05, 0) is 30.2 Å². The Morgan fingerprint density at radius 3 is 2.59 bits per heavy atom. The third-order valence-corrected chi connectivity index (χ3v) is 5.12. The van der Waals surface area contributed by atoms with Crippen LogP contribution in [0.1, 0.15) is 23.6 Å². The van der Waals surface area contributed by atoms with E-state index in [0.29, 0.717) is 47.6 Å². The lowest BCUT2D eigenvalue weighted by Crippen LogP contribution is -2.24. The van der Waals surface area contributed by atoms with Crippen molar-refractivity contribution in [3.63, 3.8) is 0 Å². The van der Waals surface area contributed by atoms with Crippen LogP contribution in [0.25, 0.3) is 17.2 Å². The molecule has 0 atom stereocenters. The number of alkyl halides is 3. The van der Waals surface area contributed by atoms with Gasteiger partial charge in [-0.3, -0.25) is 4.79 Å². The first kappa shape index (κ1) is 19.2. The summed E-state index contributed by atoms with van der Waals surface area (Å²) in [6, 6.07) is 6.59. The number of carbonyl (C=O) groups is 1. The number of hydrogen-bond donors (Lipinski definition) is 0. The molecule has 0 saturated carbocycles. The third-order valence-electron chi connectivity index (χ3n) is 5.12. The van der Waals surface area contributed by atoms with Crippen molar-refractivity contribution < 1.29 is 22.7 Å². The monoisotopic (exact) mass is 400 g/mol. The lowest BCUT2D eigenvalue weighted by atomic mass is 9.86. The minimum atomic E-state index is -4.63. The topological polar surface area (TPSA) is 41.9 Å². The number of hydrogen-bond acceptors (Lipinski definition) is 4. The lowest BCUT2D eigenvalue weighted by Gasteiger charge is -2.31. The van der Waals surface area contributed by atoms with Crippen LogP contribution in [0, 0.1) is 0 Å². The Bertz CT molecular complexity index is 1040. The normalized spacial score (nSPS) is 15.1. The van der Waals surface area contributed by atoms with Gasteiger partial charge in [-0.2, -0.15) is 13.2 Å². The zero-order valence-corrected chi connectivity index (χ0v) is 16.0. The van der Waals surface area contributed by atoms with E-state index in [1.54, 1.807) is 36.2 Å². The fraction of sp³-hybridized carbons (Fsp3) is 0.273. The average molecular weight is 400 g/mol. The van der Waals surface area contributed by atoms with Gasteiger partial charge in [0.15, 0.2) is 6.29 Å². The number of aldehydes is 1. The molecule has 0 saturated heterocycles. The predicted octanol–water partition coefficient (Wildman–Crippen LogP) is 5.06. The summed E-state index contributed by atoms with van der Waals surface area (Å²) in [4.78, 5) is 17.1. The number of likely N-dealkylation sites (N-methyl/N-ethyl adjacent to an activating group) is 1. The highest BCUT2D eigenvalue weighted by atomic mass is 19.4. The molecule has 7 heteroatoms. The van der Waals surface area contributed by atoms with E-state index < -0.39 is 11.7 Å². The summed E-state index contributed by atoms with van der Waals surface area (Å²) in [5, 5.41) is 0.